The molecule has 0 aliphatic heterocycles. The average Bonchev–Trinajstić information content (AvgIpc) is 2.46. The van der Waals surface area contributed by atoms with Gasteiger partial charge in [0.15, 0.2) is 0 Å². The second-order valence-electron chi connectivity index (χ2n) is 6.00. The smallest absolute Gasteiger partial charge is 0.322 e. The summed E-state index contributed by atoms with van der Waals surface area (Å²) in [7, 11) is 3.80. The molecule has 0 radical (unpaired) electrons. The predicted octanol–water partition coefficient (Wildman–Crippen LogP) is 3.36. The first-order valence-electron chi connectivity index (χ1n) is 7.23. The first-order valence-corrected chi connectivity index (χ1v) is 7.23. The summed E-state index contributed by atoms with van der Waals surface area (Å²) in [5.74, 6) is 0. The first kappa shape index (κ1) is 16.2. The van der Waals surface area contributed by atoms with E-state index in [1.165, 1.54) is 12.4 Å². The summed E-state index contributed by atoms with van der Waals surface area (Å²) >= 11 is 0. The minimum absolute atomic E-state index is 0.0978. The van der Waals surface area contributed by atoms with Crippen LogP contribution in [0.5, 0.6) is 0 Å². The summed E-state index contributed by atoms with van der Waals surface area (Å²) in [5.41, 5.74) is 5.32. The molecule has 2 N–H and O–H groups in total. The van der Waals surface area contributed by atoms with Crippen LogP contribution in [0.15, 0.2) is 18.5 Å². The molecule has 1 saturated carbocycles. The highest BCUT2D eigenvalue weighted by molar-refractivity contribution is 5.32. The highest BCUT2D eigenvalue weighted by Gasteiger charge is 2.44. The molecule has 0 saturated heterocycles. The molecule has 1 aromatic rings. The Balaban J connectivity index is 2.45. The SMILES string of the molecule is CN(C)C1(C(N)c2cnccc2C(F)(F)F)CCCCC1. The molecule has 0 bridgehead atoms. The summed E-state index contributed by atoms with van der Waals surface area (Å²) in [5, 5.41) is 0. The maximum absolute atomic E-state index is 13.2. The fourth-order valence-corrected chi connectivity index (χ4v) is 3.40. The molecule has 1 aliphatic carbocycles. The summed E-state index contributed by atoms with van der Waals surface area (Å²) in [4.78, 5) is 5.86. The predicted molar refractivity (Wildman–Crippen MR) is 75.7 cm³/mol. The van der Waals surface area contributed by atoms with Crippen LogP contribution < -0.4 is 5.73 Å². The Morgan fingerprint density at radius 1 is 1.24 bits per heavy atom. The molecule has 2 rings (SSSR count). The molecule has 1 heterocycles. The molecule has 1 fully saturated rings. The Kier molecular flexibility index (Phi) is 4.58. The van der Waals surface area contributed by atoms with Crippen LogP contribution in [0, 0.1) is 0 Å². The molecule has 0 spiro atoms. The van der Waals surface area contributed by atoms with Gasteiger partial charge in [0.05, 0.1) is 11.6 Å². The van der Waals surface area contributed by atoms with Crippen LogP contribution in [0.1, 0.15) is 49.3 Å². The van der Waals surface area contributed by atoms with Crippen molar-refractivity contribution in [1.29, 1.82) is 0 Å². The monoisotopic (exact) mass is 301 g/mol. The van der Waals surface area contributed by atoms with E-state index in [-0.39, 0.29) is 5.56 Å². The lowest BCUT2D eigenvalue weighted by Crippen LogP contribution is -2.53. The third-order valence-corrected chi connectivity index (χ3v) is 4.68. The van der Waals surface area contributed by atoms with Crippen LogP contribution in [0.3, 0.4) is 0 Å². The van der Waals surface area contributed by atoms with Gasteiger partial charge in [-0.2, -0.15) is 13.2 Å². The Bertz CT molecular complexity index is 479. The normalized spacial score (nSPS) is 20.5. The molecule has 1 atom stereocenters. The van der Waals surface area contributed by atoms with Gasteiger partial charge in [0, 0.05) is 23.5 Å². The van der Waals surface area contributed by atoms with Crippen molar-refractivity contribution in [1.82, 2.24) is 9.88 Å². The highest BCUT2D eigenvalue weighted by atomic mass is 19.4. The van der Waals surface area contributed by atoms with E-state index in [0.717, 1.165) is 38.2 Å². The van der Waals surface area contributed by atoms with Crippen molar-refractivity contribution in [3.8, 4) is 0 Å². The molecule has 118 valence electrons. The maximum Gasteiger partial charge on any atom is 0.416 e. The van der Waals surface area contributed by atoms with E-state index < -0.39 is 23.3 Å². The Morgan fingerprint density at radius 2 is 1.86 bits per heavy atom. The average molecular weight is 301 g/mol. The molecular formula is C15H22F3N3. The van der Waals surface area contributed by atoms with Crippen LogP contribution in [-0.2, 0) is 6.18 Å². The van der Waals surface area contributed by atoms with Crippen molar-refractivity contribution >= 4 is 0 Å². The van der Waals surface area contributed by atoms with Crippen molar-refractivity contribution in [2.45, 2.75) is 49.9 Å². The van der Waals surface area contributed by atoms with Crippen LogP contribution in [0.4, 0.5) is 13.2 Å². The lowest BCUT2D eigenvalue weighted by atomic mass is 9.73. The maximum atomic E-state index is 13.2. The number of rotatable bonds is 3. The van der Waals surface area contributed by atoms with Gasteiger partial charge in [-0.15, -0.1) is 0 Å². The van der Waals surface area contributed by atoms with Crippen molar-refractivity contribution in [3.63, 3.8) is 0 Å². The molecule has 0 aromatic carbocycles. The number of nitrogens with zero attached hydrogens (tertiary/aromatic N) is 2. The molecule has 1 aliphatic rings. The zero-order chi connectivity index (χ0) is 15.7. The van der Waals surface area contributed by atoms with Gasteiger partial charge >= 0.3 is 6.18 Å². The van der Waals surface area contributed by atoms with Gasteiger partial charge in [-0.3, -0.25) is 4.98 Å². The molecular weight excluding hydrogens is 279 g/mol. The molecule has 21 heavy (non-hydrogen) atoms. The van der Waals surface area contributed by atoms with E-state index in [0.29, 0.717) is 0 Å². The fourth-order valence-electron chi connectivity index (χ4n) is 3.40. The van der Waals surface area contributed by atoms with Crippen LogP contribution in [-0.4, -0.2) is 29.5 Å². The summed E-state index contributed by atoms with van der Waals surface area (Å²) < 4.78 is 39.6. The van der Waals surface area contributed by atoms with Gasteiger partial charge in [0.1, 0.15) is 0 Å². The molecule has 3 nitrogen and oxygen atoms in total. The number of aromatic nitrogens is 1. The van der Waals surface area contributed by atoms with Crippen molar-refractivity contribution in [2.75, 3.05) is 14.1 Å². The quantitative estimate of drug-likeness (QED) is 0.931. The number of pyridine rings is 1. The van der Waals surface area contributed by atoms with Gasteiger partial charge in [-0.05, 0) is 33.0 Å². The molecule has 6 heteroatoms. The number of alkyl halides is 3. The van der Waals surface area contributed by atoms with Crippen molar-refractivity contribution in [3.05, 3.63) is 29.6 Å². The summed E-state index contributed by atoms with van der Waals surface area (Å²) in [6, 6.07) is 0.319. The van der Waals surface area contributed by atoms with Gasteiger partial charge < -0.3 is 10.6 Å². The van der Waals surface area contributed by atoms with E-state index in [9.17, 15) is 13.2 Å². The first-order chi connectivity index (χ1) is 9.79. The largest absolute Gasteiger partial charge is 0.416 e. The lowest BCUT2D eigenvalue weighted by Gasteiger charge is -2.47. The number of hydrogen-bond donors (Lipinski definition) is 1. The van der Waals surface area contributed by atoms with Crippen LogP contribution >= 0.6 is 0 Å². The summed E-state index contributed by atoms with van der Waals surface area (Å²) in [6.07, 6.45) is 2.76. The van der Waals surface area contributed by atoms with Gasteiger partial charge in [0.25, 0.3) is 0 Å². The fraction of sp³-hybridized carbons (Fsp3) is 0.667. The minimum atomic E-state index is -4.40. The topological polar surface area (TPSA) is 42.1 Å². The Labute approximate surface area is 123 Å². The number of hydrogen-bond acceptors (Lipinski definition) is 3. The van der Waals surface area contributed by atoms with Gasteiger partial charge in [0.2, 0.25) is 0 Å². The second kappa shape index (κ2) is 5.93. The van der Waals surface area contributed by atoms with Gasteiger partial charge in [-0.1, -0.05) is 19.3 Å². The highest BCUT2D eigenvalue weighted by Crippen LogP contribution is 2.43. The zero-order valence-electron chi connectivity index (χ0n) is 12.5. The standard InChI is InChI=1S/C15H22F3N3/c1-21(2)14(7-4-3-5-8-14)13(19)11-10-20-9-6-12(11)15(16,17)18/h6,9-10,13H,3-5,7-8,19H2,1-2H3. The Morgan fingerprint density at radius 3 is 2.38 bits per heavy atom. The molecule has 1 aromatic heterocycles. The van der Waals surface area contributed by atoms with Crippen LogP contribution in [0.25, 0.3) is 0 Å². The van der Waals surface area contributed by atoms with E-state index in [1.807, 2.05) is 19.0 Å². The number of nitrogens with two attached hydrogens (primary N) is 1. The second-order valence-corrected chi connectivity index (χ2v) is 6.00. The van der Waals surface area contributed by atoms with E-state index >= 15 is 0 Å². The van der Waals surface area contributed by atoms with E-state index in [2.05, 4.69) is 4.98 Å². The lowest BCUT2D eigenvalue weighted by molar-refractivity contribution is -0.138. The third-order valence-electron chi connectivity index (χ3n) is 4.68. The van der Waals surface area contributed by atoms with E-state index in [4.69, 9.17) is 5.73 Å². The Hall–Kier alpha value is -1.14. The number of likely N-dealkylation sites (N-methyl/N-ethyl adjacent to an activating group) is 1. The third kappa shape index (κ3) is 3.06. The minimum Gasteiger partial charge on any atom is -0.322 e. The van der Waals surface area contributed by atoms with Crippen molar-refractivity contribution < 1.29 is 13.2 Å². The summed E-state index contributed by atoms with van der Waals surface area (Å²) in [6.45, 7) is 0. The molecule has 0 amide bonds. The van der Waals surface area contributed by atoms with E-state index in [1.54, 1.807) is 0 Å². The number of halogens is 3. The van der Waals surface area contributed by atoms with Crippen molar-refractivity contribution in [2.24, 2.45) is 5.73 Å². The van der Waals surface area contributed by atoms with Gasteiger partial charge in [-0.25, -0.2) is 0 Å². The molecule has 1 unspecified atom stereocenters. The van der Waals surface area contributed by atoms with Crippen LogP contribution in [0.2, 0.25) is 0 Å². The zero-order valence-corrected chi connectivity index (χ0v) is 12.5.